The number of fused-ring (bicyclic) bond motifs is 1. The maximum atomic E-state index is 11.9. The van der Waals surface area contributed by atoms with Crippen LogP contribution in [0.3, 0.4) is 0 Å². The fourth-order valence-corrected chi connectivity index (χ4v) is 4.19. The van der Waals surface area contributed by atoms with Crippen LogP contribution in [0.5, 0.6) is 0 Å². The van der Waals surface area contributed by atoms with E-state index < -0.39 is 16.0 Å². The van der Waals surface area contributed by atoms with E-state index in [4.69, 9.17) is 4.74 Å². The van der Waals surface area contributed by atoms with E-state index in [0.29, 0.717) is 30.4 Å². The van der Waals surface area contributed by atoms with Crippen molar-refractivity contribution < 1.29 is 13.2 Å². The van der Waals surface area contributed by atoms with Crippen LogP contribution in [0.2, 0.25) is 0 Å². The summed E-state index contributed by atoms with van der Waals surface area (Å²) < 4.78 is 31.7. The molecule has 0 saturated heterocycles. The van der Waals surface area contributed by atoms with Crippen LogP contribution < -0.4 is 10.0 Å². The zero-order chi connectivity index (χ0) is 21.1. The van der Waals surface area contributed by atoms with E-state index in [2.05, 4.69) is 35.4 Å². The van der Waals surface area contributed by atoms with Crippen LogP contribution >= 0.6 is 0 Å². The molecule has 0 aliphatic heterocycles. The molecule has 158 valence electrons. The first-order chi connectivity index (χ1) is 14.4. The Kier molecular flexibility index (Phi) is 5.55. The summed E-state index contributed by atoms with van der Waals surface area (Å²) in [6.07, 6.45) is 6.64. The largest absolute Gasteiger partial charge is 0.481 e. The van der Waals surface area contributed by atoms with Gasteiger partial charge in [-0.05, 0) is 50.1 Å². The Morgan fingerprint density at radius 3 is 2.83 bits per heavy atom. The van der Waals surface area contributed by atoms with Crippen molar-refractivity contribution in [1.82, 2.24) is 30.1 Å². The lowest BCUT2D eigenvalue weighted by molar-refractivity contribution is 0.249. The lowest BCUT2D eigenvalue weighted by Crippen LogP contribution is -2.33. The normalized spacial score (nSPS) is 14.6. The van der Waals surface area contributed by atoms with Crippen molar-refractivity contribution in [3.05, 3.63) is 48.1 Å². The second-order valence-electron chi connectivity index (χ2n) is 7.28. The zero-order valence-corrected chi connectivity index (χ0v) is 17.5. The number of allylic oxidation sites excluding steroid dienone is 4. The molecule has 1 aliphatic rings. The van der Waals surface area contributed by atoms with Crippen LogP contribution in [-0.4, -0.2) is 45.8 Å². The Balaban J connectivity index is 1.38. The predicted molar refractivity (Wildman–Crippen MR) is 114 cm³/mol. The van der Waals surface area contributed by atoms with E-state index in [-0.39, 0.29) is 6.04 Å². The summed E-state index contributed by atoms with van der Waals surface area (Å²) in [4.78, 5) is 4.49. The highest BCUT2D eigenvalue weighted by molar-refractivity contribution is 7.89. The number of benzene rings is 1. The molecule has 0 radical (unpaired) electrons. The third-order valence-electron chi connectivity index (χ3n) is 4.41. The topological polar surface area (TPSA) is 138 Å². The van der Waals surface area contributed by atoms with Crippen LogP contribution in [0.25, 0.3) is 16.5 Å². The number of ether oxygens (including phenoxy) is 1. The summed E-state index contributed by atoms with van der Waals surface area (Å²) in [5.41, 5.74) is 2.79. The molecule has 30 heavy (non-hydrogen) atoms. The molecule has 1 aliphatic carbocycles. The van der Waals surface area contributed by atoms with Crippen molar-refractivity contribution in [2.75, 3.05) is 11.3 Å². The Morgan fingerprint density at radius 2 is 2.07 bits per heavy atom. The van der Waals surface area contributed by atoms with Gasteiger partial charge in [-0.15, -0.1) is 5.10 Å². The molecule has 4 rings (SSSR count). The second-order valence-corrected chi connectivity index (χ2v) is 8.98. The SMILES string of the molecule is CC(C)NS(=O)(=O)COC1=CC=C(c2nc(Nc3ccc4[nH]ncc4c3)n[nH]2)CC1. The van der Waals surface area contributed by atoms with Crippen molar-refractivity contribution in [2.45, 2.75) is 32.7 Å². The first-order valence-electron chi connectivity index (χ1n) is 9.53. The highest BCUT2D eigenvalue weighted by atomic mass is 32.2. The summed E-state index contributed by atoms with van der Waals surface area (Å²) in [6, 6.07) is 5.65. The molecule has 0 spiro atoms. The molecule has 0 saturated carbocycles. The number of anilines is 2. The molecule has 0 bridgehead atoms. The average Bonchev–Trinajstić information content (AvgIpc) is 3.35. The lowest BCUT2D eigenvalue weighted by Gasteiger charge is -2.15. The molecule has 2 aromatic heterocycles. The first-order valence-corrected chi connectivity index (χ1v) is 11.2. The Morgan fingerprint density at radius 1 is 1.20 bits per heavy atom. The highest BCUT2D eigenvalue weighted by Gasteiger charge is 2.17. The molecular weight excluding hydrogens is 406 g/mol. The second kappa shape index (κ2) is 8.28. The van der Waals surface area contributed by atoms with E-state index >= 15 is 0 Å². The van der Waals surface area contributed by atoms with Crippen molar-refractivity contribution >= 4 is 38.1 Å². The minimum absolute atomic E-state index is 0.165. The van der Waals surface area contributed by atoms with Gasteiger partial charge >= 0.3 is 0 Å². The molecule has 4 N–H and O–H groups in total. The molecular formula is C19H23N7O3S. The Hall–Kier alpha value is -3.18. The van der Waals surface area contributed by atoms with Crippen molar-refractivity contribution in [2.24, 2.45) is 0 Å². The summed E-state index contributed by atoms with van der Waals surface area (Å²) in [5, 5.41) is 18.2. The van der Waals surface area contributed by atoms with Gasteiger partial charge in [-0.25, -0.2) is 13.1 Å². The van der Waals surface area contributed by atoms with Gasteiger partial charge < -0.3 is 10.1 Å². The molecule has 10 nitrogen and oxygen atoms in total. The van der Waals surface area contributed by atoms with E-state index in [1.807, 2.05) is 24.3 Å². The molecule has 2 heterocycles. The van der Waals surface area contributed by atoms with Gasteiger partial charge in [-0.1, -0.05) is 6.08 Å². The van der Waals surface area contributed by atoms with Gasteiger partial charge in [-0.2, -0.15) is 10.1 Å². The summed E-state index contributed by atoms with van der Waals surface area (Å²) in [6.45, 7) is 3.53. The number of H-pyrrole nitrogens is 2. The molecule has 3 aromatic rings. The van der Waals surface area contributed by atoms with Crippen molar-refractivity contribution in [3.8, 4) is 0 Å². The minimum Gasteiger partial charge on any atom is -0.481 e. The number of nitrogens with zero attached hydrogens (tertiary/aromatic N) is 3. The molecule has 0 atom stereocenters. The van der Waals surface area contributed by atoms with Gasteiger partial charge in [0.05, 0.1) is 17.5 Å². The predicted octanol–water partition coefficient (Wildman–Crippen LogP) is 2.79. The van der Waals surface area contributed by atoms with Gasteiger partial charge in [0.15, 0.2) is 5.82 Å². The minimum atomic E-state index is -3.46. The molecule has 0 amide bonds. The van der Waals surface area contributed by atoms with Gasteiger partial charge in [0, 0.05) is 23.5 Å². The summed E-state index contributed by atoms with van der Waals surface area (Å²) in [5.74, 6) is 1.36. The van der Waals surface area contributed by atoms with Gasteiger partial charge in [0.25, 0.3) is 0 Å². The van der Waals surface area contributed by atoms with Crippen LogP contribution in [0.1, 0.15) is 32.5 Å². The molecule has 1 aromatic carbocycles. The number of hydrogen-bond acceptors (Lipinski definition) is 7. The Bertz CT molecular complexity index is 1210. The number of nitrogens with one attached hydrogen (secondary N) is 4. The third kappa shape index (κ3) is 4.86. The van der Waals surface area contributed by atoms with Crippen LogP contribution in [-0.2, 0) is 14.8 Å². The standard InChI is InChI=1S/C19H23N7O3S/c1-12(2)26-30(27,28)11-29-16-6-3-13(4-7-16)18-22-19(25-24-18)21-15-5-8-17-14(9-15)10-20-23-17/h3,5-6,8-10,12,26H,4,7,11H2,1-2H3,(H,20,23)(H2,21,22,24,25). The van der Waals surface area contributed by atoms with E-state index in [1.54, 1.807) is 26.1 Å². The summed E-state index contributed by atoms with van der Waals surface area (Å²) >= 11 is 0. The molecule has 11 heteroatoms. The van der Waals surface area contributed by atoms with Crippen molar-refractivity contribution in [3.63, 3.8) is 0 Å². The third-order valence-corrected chi connectivity index (χ3v) is 5.67. The van der Waals surface area contributed by atoms with Crippen LogP contribution in [0.15, 0.2) is 42.3 Å². The molecule has 0 unspecified atom stereocenters. The average molecular weight is 430 g/mol. The van der Waals surface area contributed by atoms with E-state index in [9.17, 15) is 8.42 Å². The fourth-order valence-electron chi connectivity index (χ4n) is 3.09. The fraction of sp³-hybridized carbons (Fsp3) is 0.316. The van der Waals surface area contributed by atoms with E-state index in [1.165, 1.54) is 0 Å². The van der Waals surface area contributed by atoms with Crippen LogP contribution in [0.4, 0.5) is 11.6 Å². The first kappa shape index (κ1) is 20.1. The van der Waals surface area contributed by atoms with Gasteiger partial charge in [0.1, 0.15) is 0 Å². The Labute approximate surface area is 173 Å². The van der Waals surface area contributed by atoms with Crippen molar-refractivity contribution in [1.29, 1.82) is 0 Å². The van der Waals surface area contributed by atoms with E-state index in [0.717, 1.165) is 22.2 Å². The highest BCUT2D eigenvalue weighted by Crippen LogP contribution is 2.26. The number of rotatable bonds is 8. The maximum absolute atomic E-state index is 11.9. The lowest BCUT2D eigenvalue weighted by atomic mass is 10.0. The number of aromatic amines is 2. The van der Waals surface area contributed by atoms with Gasteiger partial charge in [-0.3, -0.25) is 10.2 Å². The number of sulfonamides is 1. The van der Waals surface area contributed by atoms with Crippen LogP contribution in [0, 0.1) is 0 Å². The quantitative estimate of drug-likeness (QED) is 0.432. The molecule has 0 fully saturated rings. The zero-order valence-electron chi connectivity index (χ0n) is 16.6. The van der Waals surface area contributed by atoms with Gasteiger partial charge in [0.2, 0.25) is 21.9 Å². The number of aromatic nitrogens is 5. The summed E-state index contributed by atoms with van der Waals surface area (Å²) in [7, 11) is -3.46. The smallest absolute Gasteiger partial charge is 0.247 e. The monoisotopic (exact) mass is 429 g/mol. The maximum Gasteiger partial charge on any atom is 0.247 e. The number of hydrogen-bond donors (Lipinski definition) is 4.